The van der Waals surface area contributed by atoms with Crippen LogP contribution in [0.25, 0.3) is 0 Å². The highest BCUT2D eigenvalue weighted by Crippen LogP contribution is 2.27. The van der Waals surface area contributed by atoms with Crippen LogP contribution in [0.3, 0.4) is 0 Å². The Morgan fingerprint density at radius 2 is 0.778 bits per heavy atom. The van der Waals surface area contributed by atoms with E-state index in [1.54, 1.807) is 22.3 Å². The number of hydrogen-bond acceptors (Lipinski definition) is 1. The second kappa shape index (κ2) is 9.44. The van der Waals surface area contributed by atoms with Crippen molar-refractivity contribution >= 4 is 11.4 Å². The van der Waals surface area contributed by atoms with Gasteiger partial charge in [0.25, 0.3) is 0 Å². The van der Waals surface area contributed by atoms with Crippen LogP contribution in [-0.2, 0) is 25.7 Å². The fourth-order valence-electron chi connectivity index (χ4n) is 4.85. The molecule has 1 nitrogen and oxygen atoms in total. The quantitative estimate of drug-likeness (QED) is 0.583. The Balaban J connectivity index is 1.51. The average molecular weight is 362 g/mol. The number of benzene rings is 2. The Bertz CT molecular complexity index is 682. The van der Waals surface area contributed by atoms with Crippen molar-refractivity contribution < 1.29 is 0 Å². The van der Waals surface area contributed by atoms with Gasteiger partial charge in [0, 0.05) is 11.4 Å². The summed E-state index contributed by atoms with van der Waals surface area (Å²) in [5.41, 5.74) is 8.83. The summed E-state index contributed by atoms with van der Waals surface area (Å²) in [6.07, 6.45) is 18.8. The van der Waals surface area contributed by atoms with Gasteiger partial charge in [-0.2, -0.15) is 0 Å². The summed E-state index contributed by atoms with van der Waals surface area (Å²) < 4.78 is 0. The molecule has 0 spiro atoms. The minimum Gasteiger partial charge on any atom is -0.356 e. The molecule has 2 aliphatic rings. The molecule has 0 amide bonds. The lowest BCUT2D eigenvalue weighted by Crippen LogP contribution is -1.99. The third kappa shape index (κ3) is 5.15. The fourth-order valence-corrected chi connectivity index (χ4v) is 4.85. The number of nitrogens with one attached hydrogen (secondary N) is 1. The van der Waals surface area contributed by atoms with Gasteiger partial charge in [-0.1, -0.05) is 50.7 Å². The summed E-state index contributed by atoms with van der Waals surface area (Å²) in [6.45, 7) is 0. The van der Waals surface area contributed by atoms with E-state index in [4.69, 9.17) is 0 Å². The van der Waals surface area contributed by atoms with E-state index in [9.17, 15) is 0 Å². The number of hydrogen-bond donors (Lipinski definition) is 1. The van der Waals surface area contributed by atoms with Crippen LogP contribution in [0, 0.1) is 0 Å². The summed E-state index contributed by atoms with van der Waals surface area (Å²) >= 11 is 0. The Kier molecular flexibility index (Phi) is 6.50. The third-order valence-electron chi connectivity index (χ3n) is 6.49. The van der Waals surface area contributed by atoms with Gasteiger partial charge in [0.05, 0.1) is 0 Å². The molecule has 0 aliphatic heterocycles. The molecule has 4 rings (SSSR count). The van der Waals surface area contributed by atoms with Gasteiger partial charge in [0.2, 0.25) is 0 Å². The lowest BCUT2D eigenvalue weighted by molar-refractivity contribution is 0.629. The molecule has 2 aromatic rings. The molecule has 0 atom stereocenters. The molecule has 0 bridgehead atoms. The standard InChI is InChI=1S/C26H35N/c1-3-7-11-21-15-17-25(19-23(21)13-9-5-1)27-26-18-16-22-12-8-4-2-6-10-14-24(22)20-26/h15-20,27H,1-14H2. The van der Waals surface area contributed by atoms with E-state index in [0.29, 0.717) is 0 Å². The molecule has 0 fully saturated rings. The summed E-state index contributed by atoms with van der Waals surface area (Å²) in [4.78, 5) is 0. The zero-order chi connectivity index (χ0) is 18.3. The van der Waals surface area contributed by atoms with Crippen molar-refractivity contribution in [2.75, 3.05) is 5.32 Å². The first kappa shape index (κ1) is 18.6. The van der Waals surface area contributed by atoms with Crippen LogP contribution in [0.2, 0.25) is 0 Å². The van der Waals surface area contributed by atoms with Gasteiger partial charge in [-0.05, 0) is 97.9 Å². The molecule has 0 saturated heterocycles. The summed E-state index contributed by atoms with van der Waals surface area (Å²) in [5.74, 6) is 0. The van der Waals surface area contributed by atoms with E-state index in [-0.39, 0.29) is 0 Å². The summed E-state index contributed by atoms with van der Waals surface area (Å²) in [6, 6.07) is 14.2. The molecule has 0 saturated carbocycles. The van der Waals surface area contributed by atoms with E-state index in [1.165, 1.54) is 101 Å². The number of fused-ring (bicyclic) bond motifs is 2. The highest BCUT2D eigenvalue weighted by Gasteiger charge is 2.10. The number of aryl methyl sites for hydroxylation is 4. The highest BCUT2D eigenvalue weighted by molar-refractivity contribution is 5.62. The second-order valence-corrected chi connectivity index (χ2v) is 8.63. The van der Waals surface area contributed by atoms with Crippen LogP contribution >= 0.6 is 0 Å². The highest BCUT2D eigenvalue weighted by atomic mass is 14.9. The SMILES string of the molecule is c1cc2c(cc1Nc1ccc3c(c1)CCCCCCC3)CCCCCCC2. The fraction of sp³-hybridized carbons (Fsp3) is 0.538. The van der Waals surface area contributed by atoms with E-state index in [1.807, 2.05) is 0 Å². The van der Waals surface area contributed by atoms with Gasteiger partial charge < -0.3 is 5.32 Å². The van der Waals surface area contributed by atoms with Crippen LogP contribution in [-0.4, -0.2) is 0 Å². The van der Waals surface area contributed by atoms with Crippen LogP contribution in [0.4, 0.5) is 11.4 Å². The minimum absolute atomic E-state index is 1.25. The van der Waals surface area contributed by atoms with E-state index < -0.39 is 0 Å². The Morgan fingerprint density at radius 3 is 1.22 bits per heavy atom. The Labute approximate surface area is 165 Å². The van der Waals surface area contributed by atoms with Gasteiger partial charge in [-0.3, -0.25) is 0 Å². The van der Waals surface area contributed by atoms with Gasteiger partial charge in [-0.25, -0.2) is 0 Å². The molecule has 0 heterocycles. The molecule has 2 aliphatic carbocycles. The van der Waals surface area contributed by atoms with Gasteiger partial charge in [-0.15, -0.1) is 0 Å². The molecule has 1 N–H and O–H groups in total. The van der Waals surface area contributed by atoms with Crippen molar-refractivity contribution in [2.45, 2.75) is 89.9 Å². The maximum Gasteiger partial charge on any atom is 0.0387 e. The maximum atomic E-state index is 3.71. The van der Waals surface area contributed by atoms with Crippen molar-refractivity contribution in [1.82, 2.24) is 0 Å². The largest absolute Gasteiger partial charge is 0.356 e. The van der Waals surface area contributed by atoms with Crippen molar-refractivity contribution in [2.24, 2.45) is 0 Å². The van der Waals surface area contributed by atoms with E-state index in [2.05, 4.69) is 41.7 Å². The van der Waals surface area contributed by atoms with Gasteiger partial charge in [0.15, 0.2) is 0 Å². The van der Waals surface area contributed by atoms with Crippen LogP contribution < -0.4 is 5.32 Å². The van der Waals surface area contributed by atoms with Gasteiger partial charge >= 0.3 is 0 Å². The molecule has 144 valence electrons. The number of anilines is 2. The van der Waals surface area contributed by atoms with Crippen molar-refractivity contribution in [1.29, 1.82) is 0 Å². The predicted molar refractivity (Wildman–Crippen MR) is 117 cm³/mol. The lowest BCUT2D eigenvalue weighted by atomic mass is 9.98. The smallest absolute Gasteiger partial charge is 0.0387 e. The normalized spacial score (nSPS) is 18.5. The first-order chi connectivity index (χ1) is 13.4. The molecule has 0 unspecified atom stereocenters. The van der Waals surface area contributed by atoms with Crippen molar-refractivity contribution in [3.8, 4) is 0 Å². The van der Waals surface area contributed by atoms with Crippen molar-refractivity contribution in [3.63, 3.8) is 0 Å². The zero-order valence-electron chi connectivity index (χ0n) is 16.9. The van der Waals surface area contributed by atoms with Crippen LogP contribution in [0.1, 0.15) is 86.5 Å². The minimum atomic E-state index is 1.25. The molecule has 0 radical (unpaired) electrons. The molecule has 1 heteroatoms. The van der Waals surface area contributed by atoms with Gasteiger partial charge in [0.1, 0.15) is 0 Å². The number of rotatable bonds is 2. The van der Waals surface area contributed by atoms with Crippen LogP contribution in [0.5, 0.6) is 0 Å². The zero-order valence-corrected chi connectivity index (χ0v) is 16.9. The first-order valence-electron chi connectivity index (χ1n) is 11.4. The molecule has 27 heavy (non-hydrogen) atoms. The average Bonchev–Trinajstić information content (AvgIpc) is 2.87. The molecule has 0 aromatic heterocycles. The topological polar surface area (TPSA) is 12.0 Å². The Morgan fingerprint density at radius 1 is 0.407 bits per heavy atom. The third-order valence-corrected chi connectivity index (χ3v) is 6.49. The lowest BCUT2D eigenvalue weighted by Gasteiger charge is -2.15. The van der Waals surface area contributed by atoms with Crippen molar-refractivity contribution in [3.05, 3.63) is 58.7 Å². The predicted octanol–water partition coefficient (Wildman–Crippen LogP) is 7.53. The van der Waals surface area contributed by atoms with E-state index >= 15 is 0 Å². The maximum absolute atomic E-state index is 3.71. The molecule has 2 aromatic carbocycles. The monoisotopic (exact) mass is 361 g/mol. The summed E-state index contributed by atoms with van der Waals surface area (Å²) in [5, 5.41) is 3.71. The molecular weight excluding hydrogens is 326 g/mol. The van der Waals surface area contributed by atoms with E-state index in [0.717, 1.165) is 0 Å². The summed E-state index contributed by atoms with van der Waals surface area (Å²) in [7, 11) is 0. The first-order valence-corrected chi connectivity index (χ1v) is 11.4. The van der Waals surface area contributed by atoms with Crippen LogP contribution in [0.15, 0.2) is 36.4 Å². The molecular formula is C26H35N. The second-order valence-electron chi connectivity index (χ2n) is 8.63. The Hall–Kier alpha value is -1.76.